The molecule has 2 aromatic rings. The zero-order valence-corrected chi connectivity index (χ0v) is 9.97. The summed E-state index contributed by atoms with van der Waals surface area (Å²) >= 11 is 6.41. The normalized spacial score (nSPS) is 10.5. The Kier molecular flexibility index (Phi) is 2.69. The summed E-state index contributed by atoms with van der Waals surface area (Å²) in [6.45, 7) is 0. The quantitative estimate of drug-likeness (QED) is 0.793. The van der Waals surface area contributed by atoms with E-state index >= 15 is 0 Å². The van der Waals surface area contributed by atoms with Crippen LogP contribution in [0.5, 0.6) is 0 Å². The lowest BCUT2D eigenvalue weighted by Crippen LogP contribution is -1.81. The third-order valence-corrected chi connectivity index (χ3v) is 2.72. The smallest absolute Gasteiger partial charge is 0.202 e. The Morgan fingerprint density at radius 3 is 2.57 bits per heavy atom. The second-order valence-electron chi connectivity index (χ2n) is 2.64. The number of aromatic nitrogens is 1. The van der Waals surface area contributed by atoms with E-state index in [0.29, 0.717) is 14.8 Å². The van der Waals surface area contributed by atoms with Gasteiger partial charge in [-0.3, -0.25) is 0 Å². The molecular weight excluding hydrogens is 317 g/mol. The molecule has 1 aromatic heterocycles. The van der Waals surface area contributed by atoms with Crippen LogP contribution in [0.25, 0.3) is 11.3 Å². The lowest BCUT2D eigenvalue weighted by molar-refractivity contribution is 0.402. The molecule has 0 radical (unpaired) electrons. The first-order valence-corrected chi connectivity index (χ1v) is 5.33. The fraction of sp³-hybridized carbons (Fsp3) is 0. The molecule has 72 valence electrons. The largest absolute Gasteiger partial charge is 0.349 e. The lowest BCUT2D eigenvalue weighted by Gasteiger charge is -1.98. The van der Waals surface area contributed by atoms with Gasteiger partial charge in [0.2, 0.25) is 4.67 Å². The molecule has 2 rings (SSSR count). The number of halogens is 3. The third-order valence-electron chi connectivity index (χ3n) is 1.69. The lowest BCUT2D eigenvalue weighted by atomic mass is 10.1. The van der Waals surface area contributed by atoms with Gasteiger partial charge >= 0.3 is 0 Å². The molecule has 0 saturated carbocycles. The van der Waals surface area contributed by atoms with Crippen molar-refractivity contribution in [3.8, 4) is 11.3 Å². The number of nitrogens with zero attached hydrogens (tertiary/aromatic N) is 1. The van der Waals surface area contributed by atoms with E-state index in [9.17, 15) is 4.39 Å². The summed E-state index contributed by atoms with van der Waals surface area (Å²) in [4.78, 5) is 0. The zero-order chi connectivity index (χ0) is 10.1. The van der Waals surface area contributed by atoms with E-state index in [1.807, 2.05) is 0 Å². The first-order valence-electron chi connectivity index (χ1n) is 3.74. The molecule has 14 heavy (non-hydrogen) atoms. The van der Waals surface area contributed by atoms with Crippen LogP contribution >= 0.6 is 31.9 Å². The van der Waals surface area contributed by atoms with Gasteiger partial charge in [0.05, 0.1) is 0 Å². The molecule has 5 heteroatoms. The highest BCUT2D eigenvalue weighted by Crippen LogP contribution is 2.29. The molecule has 1 heterocycles. The number of hydrogen-bond acceptors (Lipinski definition) is 2. The van der Waals surface area contributed by atoms with Crippen LogP contribution in [0.1, 0.15) is 0 Å². The fourth-order valence-corrected chi connectivity index (χ4v) is 1.92. The summed E-state index contributed by atoms with van der Waals surface area (Å²) in [5, 5.41) is 3.80. The molecule has 0 aliphatic carbocycles. The van der Waals surface area contributed by atoms with E-state index in [4.69, 9.17) is 4.52 Å². The van der Waals surface area contributed by atoms with Crippen LogP contribution in [0.3, 0.4) is 0 Å². The van der Waals surface area contributed by atoms with Gasteiger partial charge in [0.15, 0.2) is 0 Å². The van der Waals surface area contributed by atoms with Gasteiger partial charge < -0.3 is 4.52 Å². The summed E-state index contributed by atoms with van der Waals surface area (Å²) in [6, 6.07) is 6.13. The molecule has 0 saturated heterocycles. The van der Waals surface area contributed by atoms with Crippen molar-refractivity contribution in [2.24, 2.45) is 0 Å². The Morgan fingerprint density at radius 2 is 2.00 bits per heavy atom. The van der Waals surface area contributed by atoms with Crippen molar-refractivity contribution < 1.29 is 8.91 Å². The molecule has 0 aliphatic rings. The second-order valence-corrected chi connectivity index (χ2v) is 4.28. The van der Waals surface area contributed by atoms with Crippen LogP contribution in [0, 0.1) is 5.82 Å². The van der Waals surface area contributed by atoms with Gasteiger partial charge in [-0.2, -0.15) is 0 Å². The van der Waals surface area contributed by atoms with Gasteiger partial charge in [0.1, 0.15) is 11.5 Å². The van der Waals surface area contributed by atoms with Crippen molar-refractivity contribution >= 4 is 31.9 Å². The van der Waals surface area contributed by atoms with Crippen molar-refractivity contribution in [1.82, 2.24) is 5.16 Å². The maximum atomic E-state index is 12.8. The molecular formula is C9H4Br2FNO. The maximum absolute atomic E-state index is 12.8. The Morgan fingerprint density at radius 1 is 1.21 bits per heavy atom. The summed E-state index contributed by atoms with van der Waals surface area (Å²) in [5.74, 6) is -0.289. The van der Waals surface area contributed by atoms with Gasteiger partial charge in [0.25, 0.3) is 0 Å². The Hall–Kier alpha value is -0.680. The summed E-state index contributed by atoms with van der Waals surface area (Å²) in [7, 11) is 0. The van der Waals surface area contributed by atoms with E-state index in [-0.39, 0.29) is 5.82 Å². The fourth-order valence-electron chi connectivity index (χ4n) is 1.08. The summed E-state index contributed by atoms with van der Waals surface area (Å²) in [5.41, 5.74) is 1.45. The van der Waals surface area contributed by atoms with Gasteiger partial charge in [-0.05, 0) is 50.1 Å². The van der Waals surface area contributed by atoms with E-state index in [0.717, 1.165) is 5.56 Å². The monoisotopic (exact) mass is 319 g/mol. The number of benzene rings is 1. The van der Waals surface area contributed by atoms with Crippen molar-refractivity contribution in [2.75, 3.05) is 0 Å². The second kappa shape index (κ2) is 3.82. The Balaban J connectivity index is 2.52. The van der Waals surface area contributed by atoms with Gasteiger partial charge in [-0.25, -0.2) is 4.39 Å². The zero-order valence-electron chi connectivity index (χ0n) is 6.80. The van der Waals surface area contributed by atoms with Gasteiger partial charge in [-0.15, -0.1) is 0 Å². The van der Waals surface area contributed by atoms with Crippen molar-refractivity contribution in [3.63, 3.8) is 0 Å². The Bertz CT molecular complexity index is 470. The molecule has 0 atom stereocenters. The average Bonchev–Trinajstić information content (AvgIpc) is 2.51. The molecule has 0 fully saturated rings. The number of rotatable bonds is 1. The number of hydrogen-bond donors (Lipinski definition) is 0. The minimum atomic E-state index is -0.289. The third kappa shape index (κ3) is 1.88. The van der Waals surface area contributed by atoms with Gasteiger partial charge in [-0.1, -0.05) is 5.16 Å². The standard InChI is InChI=1S/C9H4Br2FNO/c10-7-3-5(12)1-2-6(7)8-4-9(11)14-13-8/h1-4H. The minimum absolute atomic E-state index is 0.289. The van der Waals surface area contributed by atoms with E-state index in [1.165, 1.54) is 12.1 Å². The van der Waals surface area contributed by atoms with Crippen LogP contribution in [0.2, 0.25) is 0 Å². The summed E-state index contributed by atoms with van der Waals surface area (Å²) in [6.07, 6.45) is 0. The van der Waals surface area contributed by atoms with Crippen molar-refractivity contribution in [3.05, 3.63) is 39.2 Å². The van der Waals surface area contributed by atoms with Crippen LogP contribution < -0.4 is 0 Å². The highest BCUT2D eigenvalue weighted by molar-refractivity contribution is 9.10. The van der Waals surface area contributed by atoms with E-state index in [2.05, 4.69) is 37.0 Å². The van der Waals surface area contributed by atoms with Crippen LogP contribution in [-0.2, 0) is 0 Å². The van der Waals surface area contributed by atoms with Crippen molar-refractivity contribution in [2.45, 2.75) is 0 Å². The van der Waals surface area contributed by atoms with Crippen LogP contribution in [0.4, 0.5) is 4.39 Å². The van der Waals surface area contributed by atoms with E-state index < -0.39 is 0 Å². The molecule has 1 aromatic carbocycles. The van der Waals surface area contributed by atoms with Gasteiger partial charge in [0, 0.05) is 16.1 Å². The average molecular weight is 321 g/mol. The van der Waals surface area contributed by atoms with Crippen LogP contribution in [0.15, 0.2) is 37.9 Å². The van der Waals surface area contributed by atoms with Crippen LogP contribution in [-0.4, -0.2) is 5.16 Å². The van der Waals surface area contributed by atoms with Crippen molar-refractivity contribution in [1.29, 1.82) is 0 Å². The molecule has 2 nitrogen and oxygen atoms in total. The highest BCUT2D eigenvalue weighted by Gasteiger charge is 2.08. The first-order chi connectivity index (χ1) is 6.66. The molecule has 0 spiro atoms. The molecule has 0 bridgehead atoms. The van der Waals surface area contributed by atoms with E-state index in [1.54, 1.807) is 12.1 Å². The SMILES string of the molecule is Fc1ccc(-c2cc(Br)on2)c(Br)c1. The predicted molar refractivity (Wildman–Crippen MR) is 57.3 cm³/mol. The first kappa shape index (κ1) is 9.86. The Labute approximate surface area is 96.4 Å². The topological polar surface area (TPSA) is 26.0 Å². The molecule has 0 N–H and O–H groups in total. The highest BCUT2D eigenvalue weighted by atomic mass is 79.9. The molecule has 0 unspecified atom stereocenters. The maximum Gasteiger partial charge on any atom is 0.202 e. The minimum Gasteiger partial charge on any atom is -0.349 e. The molecule has 0 amide bonds. The predicted octanol–water partition coefficient (Wildman–Crippen LogP) is 4.01. The summed E-state index contributed by atoms with van der Waals surface area (Å²) < 4.78 is 18.8. The molecule has 0 aliphatic heterocycles.